The van der Waals surface area contributed by atoms with Crippen molar-refractivity contribution in [3.63, 3.8) is 0 Å². The standard InChI is InChI=1S/C49H54F6N6O7S/c1-29-42(69-28-59-29)32-14-11-30(12-15-32)25-58-45(65)38-23-36(62)26-61(38)46(66)43(47(2,3)4)60-41(63)10-8-6-7-9-19-57-44(64)34(24-56)20-31-13-18-39(40(21-31)67-5)68-27-33-16-17-35(48(50,51)52)22-37(33)49(53,54)55/h11-18,20-22,28,36,38,43,62H,6-10,19,23,25-27H2,1-5H3,(H,57,64)(H,58,65)(H,60,63). The van der Waals surface area contributed by atoms with E-state index >= 15 is 0 Å². The highest BCUT2D eigenvalue weighted by molar-refractivity contribution is 7.13. The van der Waals surface area contributed by atoms with Crippen LogP contribution in [0.15, 0.2) is 71.7 Å². The molecule has 0 aliphatic carbocycles. The van der Waals surface area contributed by atoms with Crippen LogP contribution in [0.25, 0.3) is 16.5 Å². The Balaban J connectivity index is 1.06. The van der Waals surface area contributed by atoms with E-state index in [0.717, 1.165) is 21.7 Å². The number of aliphatic hydroxyl groups excluding tert-OH is 1. The lowest BCUT2D eigenvalue weighted by molar-refractivity contribution is -0.144. The molecule has 370 valence electrons. The van der Waals surface area contributed by atoms with Gasteiger partial charge in [-0.2, -0.15) is 31.6 Å². The van der Waals surface area contributed by atoms with Gasteiger partial charge in [0.05, 0.1) is 40.4 Å². The van der Waals surface area contributed by atoms with Crippen LogP contribution in [0.2, 0.25) is 0 Å². The van der Waals surface area contributed by atoms with Gasteiger partial charge in [0.15, 0.2) is 11.5 Å². The summed E-state index contributed by atoms with van der Waals surface area (Å²) in [6.07, 6.45) is -7.32. The number of ether oxygens (including phenoxy) is 2. The van der Waals surface area contributed by atoms with Crippen LogP contribution in [-0.4, -0.2) is 77.0 Å². The average molecular weight is 985 g/mol. The number of carbonyl (C=O) groups excluding carboxylic acids is 4. The largest absolute Gasteiger partial charge is 0.493 e. The number of amides is 4. The molecule has 0 bridgehead atoms. The number of likely N-dealkylation sites (tertiary alicyclic amines) is 1. The van der Waals surface area contributed by atoms with E-state index in [1.807, 2.05) is 37.3 Å². The molecule has 2 heterocycles. The fourth-order valence-corrected chi connectivity index (χ4v) is 8.39. The first-order chi connectivity index (χ1) is 32.5. The third-order valence-corrected chi connectivity index (χ3v) is 12.3. The second-order valence-electron chi connectivity index (χ2n) is 17.6. The van der Waals surface area contributed by atoms with Gasteiger partial charge < -0.3 is 35.4 Å². The molecular weight excluding hydrogens is 931 g/mol. The molecule has 0 radical (unpaired) electrons. The Morgan fingerprint density at radius 3 is 2.28 bits per heavy atom. The summed E-state index contributed by atoms with van der Waals surface area (Å²) in [6, 6.07) is 13.0. The molecule has 3 atom stereocenters. The van der Waals surface area contributed by atoms with Gasteiger partial charge in [-0.25, -0.2) is 4.98 Å². The molecule has 1 fully saturated rings. The lowest BCUT2D eigenvalue weighted by Gasteiger charge is -2.35. The van der Waals surface area contributed by atoms with E-state index in [1.165, 1.54) is 36.3 Å². The van der Waals surface area contributed by atoms with Gasteiger partial charge in [0.1, 0.15) is 30.3 Å². The third-order valence-electron chi connectivity index (χ3n) is 11.3. The number of β-amino-alcohol motifs (C(OH)–C–C–N with tert-alkyl or cyclic N) is 1. The first kappa shape index (κ1) is 53.5. The summed E-state index contributed by atoms with van der Waals surface area (Å²) in [5.41, 5.74) is 0.422. The van der Waals surface area contributed by atoms with Crippen molar-refractivity contribution in [2.24, 2.45) is 5.41 Å². The normalized spacial score (nSPS) is 15.8. The molecule has 4 N–H and O–H groups in total. The quantitative estimate of drug-likeness (QED) is 0.0310. The number of aliphatic hydroxyl groups is 1. The number of hydrogen-bond acceptors (Lipinski definition) is 10. The van der Waals surface area contributed by atoms with Crippen LogP contribution in [-0.2, 0) is 44.7 Å². The summed E-state index contributed by atoms with van der Waals surface area (Å²) < 4.78 is 90.9. The SMILES string of the molecule is COc1cc(C=C(C#N)C(=O)NCCCCCCC(=O)NC(C(=O)N2CC(O)CC2C(=O)NCc2ccc(-c3scnc3C)cc2)C(C)(C)C)ccc1OCc1ccc(C(F)(F)F)cc1C(F)(F)F. The Morgan fingerprint density at radius 2 is 1.65 bits per heavy atom. The van der Waals surface area contributed by atoms with Crippen LogP contribution < -0.4 is 25.4 Å². The number of carbonyl (C=O) groups is 4. The highest BCUT2D eigenvalue weighted by atomic mass is 32.1. The molecule has 4 amide bonds. The maximum absolute atomic E-state index is 14.0. The second-order valence-corrected chi connectivity index (χ2v) is 18.5. The molecule has 4 aromatic rings. The molecular formula is C49H54F6N6O7S. The van der Waals surface area contributed by atoms with Crippen molar-refractivity contribution >= 4 is 41.0 Å². The number of nitriles is 1. The summed E-state index contributed by atoms with van der Waals surface area (Å²) in [7, 11) is 1.25. The van der Waals surface area contributed by atoms with Crippen LogP contribution in [0.4, 0.5) is 26.3 Å². The highest BCUT2D eigenvalue weighted by Crippen LogP contribution is 2.39. The number of halogens is 6. The van der Waals surface area contributed by atoms with Crippen LogP contribution in [0, 0.1) is 23.7 Å². The molecule has 3 unspecified atom stereocenters. The summed E-state index contributed by atoms with van der Waals surface area (Å²) in [5.74, 6) is -1.93. The average Bonchev–Trinajstić information content (AvgIpc) is 3.91. The fourth-order valence-electron chi connectivity index (χ4n) is 7.58. The summed E-state index contributed by atoms with van der Waals surface area (Å²) >= 11 is 1.54. The van der Waals surface area contributed by atoms with E-state index in [-0.39, 0.29) is 61.5 Å². The lowest BCUT2D eigenvalue weighted by Crippen LogP contribution is -2.57. The number of rotatable bonds is 19. The van der Waals surface area contributed by atoms with Crippen LogP contribution in [0.5, 0.6) is 11.5 Å². The van der Waals surface area contributed by atoms with Crippen molar-refractivity contribution in [2.75, 3.05) is 20.2 Å². The Morgan fingerprint density at radius 1 is 0.942 bits per heavy atom. The topological polar surface area (TPSA) is 183 Å². The zero-order valence-electron chi connectivity index (χ0n) is 38.6. The Hall–Kier alpha value is -6.46. The van der Waals surface area contributed by atoms with E-state index in [9.17, 15) is 55.9 Å². The Labute approximate surface area is 399 Å². The van der Waals surface area contributed by atoms with Gasteiger partial charge >= 0.3 is 12.4 Å². The molecule has 1 aliphatic heterocycles. The molecule has 1 aliphatic rings. The van der Waals surface area contributed by atoms with Gasteiger partial charge in [-0.05, 0) is 72.2 Å². The van der Waals surface area contributed by atoms with Gasteiger partial charge in [-0.1, -0.05) is 70.0 Å². The lowest BCUT2D eigenvalue weighted by atomic mass is 9.85. The number of aryl methyl sites for hydroxylation is 1. The number of benzene rings is 3. The second kappa shape index (κ2) is 23.2. The molecule has 69 heavy (non-hydrogen) atoms. The number of methoxy groups -OCH3 is 1. The highest BCUT2D eigenvalue weighted by Gasteiger charge is 2.44. The van der Waals surface area contributed by atoms with E-state index in [2.05, 4.69) is 20.9 Å². The van der Waals surface area contributed by atoms with Gasteiger partial charge in [-0.3, -0.25) is 19.2 Å². The van der Waals surface area contributed by atoms with Crippen molar-refractivity contribution in [1.29, 1.82) is 5.26 Å². The van der Waals surface area contributed by atoms with Crippen LogP contribution >= 0.6 is 11.3 Å². The monoisotopic (exact) mass is 984 g/mol. The van der Waals surface area contributed by atoms with Crippen molar-refractivity contribution in [2.45, 2.75) is 110 Å². The molecule has 0 spiro atoms. The molecule has 5 rings (SSSR count). The maximum Gasteiger partial charge on any atom is 0.416 e. The number of thiazole rings is 1. The molecule has 13 nitrogen and oxygen atoms in total. The first-order valence-electron chi connectivity index (χ1n) is 22.0. The number of unbranched alkanes of at least 4 members (excludes halogenated alkanes) is 3. The van der Waals surface area contributed by atoms with Crippen molar-refractivity contribution < 1.29 is 60.1 Å². The minimum absolute atomic E-state index is 0.0206. The maximum atomic E-state index is 14.0. The first-order valence-corrected chi connectivity index (χ1v) is 22.9. The summed E-state index contributed by atoms with van der Waals surface area (Å²) in [4.78, 5) is 60.1. The van der Waals surface area contributed by atoms with E-state index in [4.69, 9.17) is 9.47 Å². The van der Waals surface area contributed by atoms with Crippen molar-refractivity contribution in [3.05, 3.63) is 105 Å². The summed E-state index contributed by atoms with van der Waals surface area (Å²) in [5, 5.41) is 28.7. The van der Waals surface area contributed by atoms with Gasteiger partial charge in [0.2, 0.25) is 17.7 Å². The van der Waals surface area contributed by atoms with E-state index < -0.39 is 77.0 Å². The predicted octanol–water partition coefficient (Wildman–Crippen LogP) is 8.53. The number of nitrogens with zero attached hydrogens (tertiary/aromatic N) is 3. The molecule has 1 aromatic heterocycles. The number of hydrogen-bond donors (Lipinski definition) is 4. The van der Waals surface area contributed by atoms with E-state index in [0.29, 0.717) is 43.4 Å². The smallest absolute Gasteiger partial charge is 0.416 e. The minimum atomic E-state index is -5.08. The fraction of sp³-hybridized carbons (Fsp3) is 0.429. The van der Waals surface area contributed by atoms with Crippen molar-refractivity contribution in [1.82, 2.24) is 25.8 Å². The zero-order chi connectivity index (χ0) is 50.7. The number of alkyl halides is 6. The van der Waals surface area contributed by atoms with Crippen LogP contribution in [0.1, 0.15) is 92.8 Å². The molecule has 1 saturated heterocycles. The van der Waals surface area contributed by atoms with Crippen LogP contribution in [0.3, 0.4) is 0 Å². The van der Waals surface area contributed by atoms with Gasteiger partial charge in [0.25, 0.3) is 5.91 Å². The third kappa shape index (κ3) is 14.8. The molecule has 3 aromatic carbocycles. The molecule has 0 saturated carbocycles. The van der Waals surface area contributed by atoms with E-state index in [1.54, 1.807) is 37.6 Å². The van der Waals surface area contributed by atoms with Gasteiger partial charge in [0, 0.05) is 38.0 Å². The van der Waals surface area contributed by atoms with Gasteiger partial charge in [-0.15, -0.1) is 11.3 Å². The predicted molar refractivity (Wildman–Crippen MR) is 245 cm³/mol. The Kier molecular flexibility index (Phi) is 18.0. The molecule has 20 heteroatoms. The Bertz CT molecular complexity index is 2530. The zero-order valence-corrected chi connectivity index (χ0v) is 39.5. The minimum Gasteiger partial charge on any atom is -0.493 e. The number of nitrogens with one attached hydrogen (secondary N) is 3. The van der Waals surface area contributed by atoms with Crippen molar-refractivity contribution in [3.8, 4) is 28.0 Å². The summed E-state index contributed by atoms with van der Waals surface area (Å²) in [6.45, 7) is 6.98. The number of aromatic nitrogens is 1.